The van der Waals surface area contributed by atoms with Crippen molar-refractivity contribution in [3.8, 4) is 5.69 Å². The first-order chi connectivity index (χ1) is 14.4. The maximum absolute atomic E-state index is 12.6. The number of fused-ring (bicyclic) bond motifs is 1. The van der Waals surface area contributed by atoms with Crippen molar-refractivity contribution in [2.75, 3.05) is 5.32 Å². The molecule has 152 valence electrons. The molecule has 30 heavy (non-hydrogen) atoms. The number of para-hydroxylation sites is 1. The minimum Gasteiger partial charge on any atom is -0.448 e. The normalized spacial score (nSPS) is 12.0. The highest BCUT2D eigenvalue weighted by molar-refractivity contribution is 7.20. The molecule has 0 aliphatic carbocycles. The first-order valence-corrected chi connectivity index (χ1v) is 10.4. The van der Waals surface area contributed by atoms with Crippen molar-refractivity contribution in [2.45, 2.75) is 20.0 Å². The Morgan fingerprint density at radius 2 is 1.83 bits per heavy atom. The highest BCUT2D eigenvalue weighted by Gasteiger charge is 2.22. The molecule has 0 spiro atoms. The predicted molar refractivity (Wildman–Crippen MR) is 119 cm³/mol. The lowest BCUT2D eigenvalue weighted by molar-refractivity contribution is -0.123. The lowest BCUT2D eigenvalue weighted by Gasteiger charge is -2.13. The lowest BCUT2D eigenvalue weighted by Crippen LogP contribution is -2.29. The Bertz CT molecular complexity index is 1220. The number of benzene rings is 2. The van der Waals surface area contributed by atoms with Gasteiger partial charge in [-0.15, -0.1) is 11.3 Å². The van der Waals surface area contributed by atoms with Crippen LogP contribution in [0, 0.1) is 6.92 Å². The topological polar surface area (TPSA) is 73.2 Å². The number of aryl methyl sites for hydroxylation is 1. The summed E-state index contributed by atoms with van der Waals surface area (Å²) in [5, 5.41) is 8.72. The van der Waals surface area contributed by atoms with Crippen LogP contribution in [0.1, 0.15) is 22.3 Å². The number of aromatic nitrogens is 2. The van der Waals surface area contributed by atoms with Crippen LogP contribution in [0.2, 0.25) is 5.02 Å². The van der Waals surface area contributed by atoms with Crippen molar-refractivity contribution in [3.05, 3.63) is 76.3 Å². The quantitative estimate of drug-likeness (QED) is 0.432. The Balaban J connectivity index is 1.50. The summed E-state index contributed by atoms with van der Waals surface area (Å²) in [7, 11) is 0. The number of thiophene rings is 1. The standard InChI is InChI=1S/C22H18ClN3O3S/c1-13-18-12-19(30-21(18)26(25-13)17-6-4-3-5-7-17)22(28)29-14(2)20(27)24-16-10-8-15(23)9-11-16/h3-12,14H,1-2H3,(H,24,27)/t14-/m0/s1. The largest absolute Gasteiger partial charge is 0.448 e. The van der Waals surface area contributed by atoms with Crippen LogP contribution in [0.3, 0.4) is 0 Å². The van der Waals surface area contributed by atoms with Gasteiger partial charge in [0.25, 0.3) is 5.91 Å². The number of anilines is 1. The number of hydrogen-bond donors (Lipinski definition) is 1. The molecule has 1 amide bonds. The summed E-state index contributed by atoms with van der Waals surface area (Å²) in [6.45, 7) is 3.43. The third kappa shape index (κ3) is 4.08. The van der Waals surface area contributed by atoms with Gasteiger partial charge in [0.05, 0.1) is 11.4 Å². The molecular weight excluding hydrogens is 422 g/mol. The van der Waals surface area contributed by atoms with E-state index in [1.54, 1.807) is 30.3 Å². The summed E-state index contributed by atoms with van der Waals surface area (Å²) in [6.07, 6.45) is -0.954. The van der Waals surface area contributed by atoms with Crippen molar-refractivity contribution in [1.29, 1.82) is 0 Å². The van der Waals surface area contributed by atoms with Crippen molar-refractivity contribution in [2.24, 2.45) is 0 Å². The molecule has 0 aliphatic rings. The van der Waals surface area contributed by atoms with E-state index in [2.05, 4.69) is 10.4 Å². The van der Waals surface area contributed by atoms with Gasteiger partial charge in [0.2, 0.25) is 0 Å². The number of esters is 1. The van der Waals surface area contributed by atoms with Crippen LogP contribution in [0.15, 0.2) is 60.7 Å². The second-order valence-electron chi connectivity index (χ2n) is 6.71. The van der Waals surface area contributed by atoms with Gasteiger partial charge >= 0.3 is 5.97 Å². The number of amides is 1. The maximum atomic E-state index is 12.6. The van der Waals surface area contributed by atoms with Gasteiger partial charge < -0.3 is 10.1 Å². The fourth-order valence-electron chi connectivity index (χ4n) is 2.94. The summed E-state index contributed by atoms with van der Waals surface area (Å²) in [4.78, 5) is 26.3. The molecule has 0 radical (unpaired) electrons. The minimum atomic E-state index is -0.954. The lowest BCUT2D eigenvalue weighted by atomic mass is 10.3. The highest BCUT2D eigenvalue weighted by atomic mass is 35.5. The molecule has 8 heteroatoms. The van der Waals surface area contributed by atoms with Crippen molar-refractivity contribution >= 4 is 50.7 Å². The molecule has 0 aliphatic heterocycles. The van der Waals surface area contributed by atoms with Crippen LogP contribution in [0.4, 0.5) is 5.69 Å². The van der Waals surface area contributed by atoms with Crippen LogP contribution < -0.4 is 5.32 Å². The van der Waals surface area contributed by atoms with Gasteiger partial charge in [0.1, 0.15) is 9.71 Å². The summed E-state index contributed by atoms with van der Waals surface area (Å²) in [5.74, 6) is -0.965. The SMILES string of the molecule is Cc1nn(-c2ccccc2)c2sc(C(=O)O[C@@H](C)C(=O)Nc3ccc(Cl)cc3)cc12. The Hall–Kier alpha value is -3.16. The number of nitrogens with zero attached hydrogens (tertiary/aromatic N) is 2. The first kappa shape index (κ1) is 20.1. The van der Waals surface area contributed by atoms with Gasteiger partial charge in [0, 0.05) is 16.1 Å². The minimum absolute atomic E-state index is 0.418. The summed E-state index contributed by atoms with van der Waals surface area (Å²) < 4.78 is 7.19. The molecule has 2 aromatic carbocycles. The second-order valence-corrected chi connectivity index (χ2v) is 8.17. The van der Waals surface area contributed by atoms with E-state index in [0.717, 1.165) is 21.6 Å². The number of halogens is 1. The molecule has 4 aromatic rings. The van der Waals surface area contributed by atoms with E-state index < -0.39 is 18.0 Å². The molecular formula is C22H18ClN3O3S. The van der Waals surface area contributed by atoms with Crippen LogP contribution in [0.25, 0.3) is 15.9 Å². The average molecular weight is 440 g/mol. The summed E-state index contributed by atoms with van der Waals surface area (Å²) in [6, 6.07) is 18.2. The Labute approximate surface area is 182 Å². The van der Waals surface area contributed by atoms with E-state index in [1.165, 1.54) is 18.3 Å². The zero-order valence-corrected chi connectivity index (χ0v) is 17.8. The van der Waals surface area contributed by atoms with E-state index in [4.69, 9.17) is 16.3 Å². The molecule has 0 saturated carbocycles. The number of carbonyl (C=O) groups excluding carboxylic acids is 2. The van der Waals surface area contributed by atoms with E-state index in [9.17, 15) is 9.59 Å². The van der Waals surface area contributed by atoms with E-state index in [1.807, 2.05) is 41.9 Å². The molecule has 2 heterocycles. The third-order valence-electron chi connectivity index (χ3n) is 4.51. The van der Waals surface area contributed by atoms with Crippen molar-refractivity contribution < 1.29 is 14.3 Å². The second kappa shape index (κ2) is 8.30. The fraction of sp³-hybridized carbons (Fsp3) is 0.136. The molecule has 1 atom stereocenters. The highest BCUT2D eigenvalue weighted by Crippen LogP contribution is 2.31. The van der Waals surface area contributed by atoms with Crippen molar-refractivity contribution in [3.63, 3.8) is 0 Å². The fourth-order valence-corrected chi connectivity index (χ4v) is 4.13. The molecule has 6 nitrogen and oxygen atoms in total. The zero-order chi connectivity index (χ0) is 21.3. The number of carbonyl (C=O) groups is 2. The van der Waals surface area contributed by atoms with Crippen LogP contribution in [-0.2, 0) is 9.53 Å². The number of nitrogens with one attached hydrogen (secondary N) is 1. The number of hydrogen-bond acceptors (Lipinski definition) is 5. The van der Waals surface area contributed by atoms with Crippen molar-refractivity contribution in [1.82, 2.24) is 9.78 Å². The molecule has 0 fully saturated rings. The van der Waals surface area contributed by atoms with Crippen LogP contribution in [-0.4, -0.2) is 27.8 Å². The van der Waals surface area contributed by atoms with Gasteiger partial charge in [-0.05, 0) is 56.3 Å². The van der Waals surface area contributed by atoms with E-state index in [0.29, 0.717) is 15.6 Å². The van der Waals surface area contributed by atoms with Crippen LogP contribution >= 0.6 is 22.9 Å². The Morgan fingerprint density at radius 1 is 1.13 bits per heavy atom. The van der Waals surface area contributed by atoms with E-state index >= 15 is 0 Å². The molecule has 4 rings (SSSR count). The monoisotopic (exact) mass is 439 g/mol. The third-order valence-corrected chi connectivity index (χ3v) is 5.85. The molecule has 1 N–H and O–H groups in total. The van der Waals surface area contributed by atoms with E-state index in [-0.39, 0.29) is 0 Å². The molecule has 0 unspecified atom stereocenters. The summed E-state index contributed by atoms with van der Waals surface area (Å²) in [5.41, 5.74) is 2.30. The number of ether oxygens (including phenoxy) is 1. The predicted octanol–water partition coefficient (Wildman–Crippen LogP) is 5.23. The first-order valence-electron chi connectivity index (χ1n) is 9.24. The average Bonchev–Trinajstić information content (AvgIpc) is 3.31. The zero-order valence-electron chi connectivity index (χ0n) is 16.3. The molecule has 2 aromatic heterocycles. The Kier molecular flexibility index (Phi) is 5.57. The van der Waals surface area contributed by atoms with Gasteiger partial charge in [-0.2, -0.15) is 5.10 Å². The summed E-state index contributed by atoms with van der Waals surface area (Å²) >= 11 is 7.13. The van der Waals surface area contributed by atoms with Gasteiger partial charge in [-0.3, -0.25) is 4.79 Å². The Morgan fingerprint density at radius 3 is 2.53 bits per heavy atom. The molecule has 0 saturated heterocycles. The maximum Gasteiger partial charge on any atom is 0.349 e. The molecule has 0 bridgehead atoms. The van der Waals surface area contributed by atoms with Gasteiger partial charge in [-0.25, -0.2) is 9.48 Å². The number of rotatable bonds is 5. The van der Waals surface area contributed by atoms with Crippen LogP contribution in [0.5, 0.6) is 0 Å². The smallest absolute Gasteiger partial charge is 0.349 e. The van der Waals surface area contributed by atoms with Gasteiger partial charge in [-0.1, -0.05) is 29.8 Å². The van der Waals surface area contributed by atoms with Gasteiger partial charge in [0.15, 0.2) is 6.10 Å².